The van der Waals surface area contributed by atoms with Gasteiger partial charge in [-0.2, -0.15) is 13.2 Å². The van der Waals surface area contributed by atoms with Gasteiger partial charge in [0.25, 0.3) is 5.91 Å². The smallest absolute Gasteiger partial charge is 0.414 e. The maximum absolute atomic E-state index is 13.4. The Morgan fingerprint density at radius 3 is 2.65 bits per heavy atom. The number of halogens is 3. The molecule has 1 unspecified atom stereocenters. The average molecular weight is 428 g/mol. The number of amides is 1. The lowest BCUT2D eigenvalue weighted by molar-refractivity contribution is -0.156. The van der Waals surface area contributed by atoms with E-state index in [4.69, 9.17) is 9.26 Å². The number of alkyl halides is 3. The van der Waals surface area contributed by atoms with Crippen LogP contribution in [0.5, 0.6) is 5.75 Å². The maximum Gasteiger partial charge on any atom is 0.414 e. The van der Waals surface area contributed by atoms with Gasteiger partial charge in [-0.3, -0.25) is 14.8 Å². The van der Waals surface area contributed by atoms with Gasteiger partial charge in [0.2, 0.25) is 0 Å². The van der Waals surface area contributed by atoms with Crippen LogP contribution >= 0.6 is 0 Å². The summed E-state index contributed by atoms with van der Waals surface area (Å²) in [7, 11) is 0. The van der Waals surface area contributed by atoms with E-state index in [1.54, 1.807) is 24.4 Å². The number of fused-ring (bicyclic) bond motifs is 1. The fourth-order valence-electron chi connectivity index (χ4n) is 2.90. The Morgan fingerprint density at radius 2 is 1.87 bits per heavy atom. The summed E-state index contributed by atoms with van der Waals surface area (Å²) < 4.78 is 50.9. The van der Waals surface area contributed by atoms with Crippen molar-refractivity contribution in [2.45, 2.75) is 18.8 Å². The van der Waals surface area contributed by atoms with Crippen molar-refractivity contribution in [3.8, 4) is 5.75 Å². The topological polar surface area (TPSA) is 90.1 Å². The first-order valence-corrected chi connectivity index (χ1v) is 9.12. The van der Waals surface area contributed by atoms with Gasteiger partial charge in [-0.1, -0.05) is 29.4 Å². The third-order valence-corrected chi connectivity index (χ3v) is 4.34. The number of carbonyl (C=O) groups is 1. The molecule has 0 saturated heterocycles. The van der Waals surface area contributed by atoms with Crippen LogP contribution in [0.15, 0.2) is 71.5 Å². The SMILES string of the molecule is O=C(NC(c1ccccn1)C(F)(F)F)c1cc(COc2cccc3cccnc23)on1. The number of pyridine rings is 2. The molecule has 0 spiro atoms. The van der Waals surface area contributed by atoms with E-state index in [0.717, 1.165) is 5.39 Å². The number of carbonyl (C=O) groups excluding carboxylic acids is 1. The Bertz CT molecular complexity index is 1190. The largest absolute Gasteiger partial charge is 0.483 e. The van der Waals surface area contributed by atoms with Gasteiger partial charge in [0.1, 0.15) is 17.9 Å². The lowest BCUT2D eigenvalue weighted by Gasteiger charge is -2.20. The van der Waals surface area contributed by atoms with Crippen molar-refractivity contribution in [2.24, 2.45) is 0 Å². The van der Waals surface area contributed by atoms with Crippen LogP contribution < -0.4 is 10.1 Å². The zero-order chi connectivity index (χ0) is 21.8. The number of benzene rings is 1. The molecule has 31 heavy (non-hydrogen) atoms. The number of nitrogens with one attached hydrogen (secondary N) is 1. The summed E-state index contributed by atoms with van der Waals surface area (Å²) in [5.41, 5.74) is 0.00421. The second-order valence-electron chi connectivity index (χ2n) is 6.50. The molecule has 0 bridgehead atoms. The standard InChI is InChI=1S/C21H15F3N4O3/c22-21(23,24)19(15-7-1-2-9-25-15)27-20(29)16-11-14(31-28-16)12-30-17-8-3-5-13-6-4-10-26-18(13)17/h1-11,19H,12H2,(H,27,29). The molecule has 1 amide bonds. The molecule has 3 heterocycles. The number of rotatable bonds is 6. The van der Waals surface area contributed by atoms with Crippen LogP contribution in [0.2, 0.25) is 0 Å². The zero-order valence-corrected chi connectivity index (χ0v) is 15.8. The number of nitrogens with zero attached hydrogens (tertiary/aromatic N) is 3. The van der Waals surface area contributed by atoms with Crippen LogP contribution in [0.25, 0.3) is 10.9 Å². The minimum atomic E-state index is -4.74. The van der Waals surface area contributed by atoms with E-state index >= 15 is 0 Å². The van der Waals surface area contributed by atoms with E-state index in [1.807, 2.05) is 17.4 Å². The van der Waals surface area contributed by atoms with Gasteiger partial charge in [0.05, 0.1) is 5.69 Å². The van der Waals surface area contributed by atoms with Gasteiger partial charge in [-0.15, -0.1) is 0 Å². The van der Waals surface area contributed by atoms with E-state index in [-0.39, 0.29) is 23.8 Å². The highest BCUT2D eigenvalue weighted by Crippen LogP contribution is 2.31. The minimum absolute atomic E-state index is 0.0844. The average Bonchev–Trinajstić information content (AvgIpc) is 3.25. The van der Waals surface area contributed by atoms with E-state index < -0.39 is 18.1 Å². The molecule has 1 atom stereocenters. The van der Waals surface area contributed by atoms with Gasteiger partial charge < -0.3 is 14.6 Å². The lowest BCUT2D eigenvalue weighted by atomic mass is 10.1. The number of hydrogen-bond acceptors (Lipinski definition) is 6. The quantitative estimate of drug-likeness (QED) is 0.494. The molecular formula is C21H15F3N4O3. The molecule has 7 nitrogen and oxygen atoms in total. The molecule has 3 aromatic heterocycles. The summed E-state index contributed by atoms with van der Waals surface area (Å²) >= 11 is 0. The Morgan fingerprint density at radius 1 is 1.06 bits per heavy atom. The number of para-hydroxylation sites is 1. The fourth-order valence-corrected chi connectivity index (χ4v) is 2.90. The summed E-state index contributed by atoms with van der Waals surface area (Å²) in [6, 6.07) is 12.1. The summed E-state index contributed by atoms with van der Waals surface area (Å²) in [5, 5.41) is 6.33. The number of hydrogen-bond donors (Lipinski definition) is 1. The summed E-state index contributed by atoms with van der Waals surface area (Å²) in [6.07, 6.45) is -1.89. The first-order chi connectivity index (χ1) is 14.9. The van der Waals surface area contributed by atoms with E-state index in [2.05, 4.69) is 15.1 Å². The molecular weight excluding hydrogens is 413 g/mol. The predicted molar refractivity (Wildman–Crippen MR) is 103 cm³/mol. The van der Waals surface area contributed by atoms with Crippen molar-refractivity contribution in [1.29, 1.82) is 0 Å². The van der Waals surface area contributed by atoms with Gasteiger partial charge in [-0.05, 0) is 24.3 Å². The van der Waals surface area contributed by atoms with Crippen molar-refractivity contribution in [3.05, 3.63) is 84.1 Å². The molecule has 0 aliphatic carbocycles. The molecule has 0 aliphatic rings. The lowest BCUT2D eigenvalue weighted by Crippen LogP contribution is -2.38. The van der Waals surface area contributed by atoms with Gasteiger partial charge >= 0.3 is 6.18 Å². The van der Waals surface area contributed by atoms with Gasteiger partial charge in [0.15, 0.2) is 17.5 Å². The number of ether oxygens (including phenoxy) is 1. The van der Waals surface area contributed by atoms with Crippen LogP contribution in [0, 0.1) is 0 Å². The maximum atomic E-state index is 13.4. The minimum Gasteiger partial charge on any atom is -0.483 e. The highest BCUT2D eigenvalue weighted by Gasteiger charge is 2.43. The molecule has 158 valence electrons. The molecule has 0 aliphatic heterocycles. The third kappa shape index (κ3) is 4.63. The summed E-state index contributed by atoms with van der Waals surface area (Å²) in [6.45, 7) is -0.0844. The predicted octanol–water partition coefficient (Wildman–Crippen LogP) is 4.23. The normalized spacial score (nSPS) is 12.5. The highest BCUT2D eigenvalue weighted by atomic mass is 19.4. The van der Waals surface area contributed by atoms with Crippen molar-refractivity contribution in [1.82, 2.24) is 20.4 Å². The van der Waals surface area contributed by atoms with Crippen LogP contribution in [-0.4, -0.2) is 27.2 Å². The Hall–Kier alpha value is -3.95. The van der Waals surface area contributed by atoms with E-state index in [1.165, 1.54) is 30.5 Å². The van der Waals surface area contributed by atoms with Crippen molar-refractivity contribution in [3.63, 3.8) is 0 Å². The molecule has 1 aromatic carbocycles. The third-order valence-electron chi connectivity index (χ3n) is 4.34. The Kier molecular flexibility index (Phi) is 5.52. The number of aromatic nitrogens is 3. The Labute approximate surface area is 173 Å². The van der Waals surface area contributed by atoms with Crippen LogP contribution in [0.1, 0.15) is 28.0 Å². The monoisotopic (exact) mass is 428 g/mol. The Balaban J connectivity index is 1.46. The van der Waals surface area contributed by atoms with Crippen molar-refractivity contribution in [2.75, 3.05) is 0 Å². The van der Waals surface area contributed by atoms with E-state index in [9.17, 15) is 18.0 Å². The molecule has 0 fully saturated rings. The molecule has 4 aromatic rings. The summed E-state index contributed by atoms with van der Waals surface area (Å²) in [5.74, 6) is -0.387. The highest BCUT2D eigenvalue weighted by molar-refractivity contribution is 5.92. The first kappa shape index (κ1) is 20.3. The van der Waals surface area contributed by atoms with Crippen LogP contribution in [0.4, 0.5) is 13.2 Å². The molecule has 4 rings (SSSR count). The van der Waals surface area contributed by atoms with Crippen molar-refractivity contribution >= 4 is 16.8 Å². The summed E-state index contributed by atoms with van der Waals surface area (Å²) in [4.78, 5) is 20.3. The molecule has 10 heteroatoms. The van der Waals surface area contributed by atoms with E-state index in [0.29, 0.717) is 11.3 Å². The molecule has 0 saturated carbocycles. The second kappa shape index (κ2) is 8.42. The van der Waals surface area contributed by atoms with Gasteiger partial charge in [-0.25, -0.2) is 0 Å². The molecule has 0 radical (unpaired) electrons. The van der Waals surface area contributed by atoms with Crippen LogP contribution in [0.3, 0.4) is 0 Å². The van der Waals surface area contributed by atoms with Crippen molar-refractivity contribution < 1.29 is 27.2 Å². The van der Waals surface area contributed by atoms with Gasteiger partial charge in [0, 0.05) is 23.8 Å². The second-order valence-corrected chi connectivity index (χ2v) is 6.50. The zero-order valence-electron chi connectivity index (χ0n) is 15.8. The fraction of sp³-hybridized carbons (Fsp3) is 0.143. The van der Waals surface area contributed by atoms with Crippen LogP contribution in [-0.2, 0) is 6.61 Å². The first-order valence-electron chi connectivity index (χ1n) is 9.12. The molecule has 1 N–H and O–H groups in total.